The Labute approximate surface area is 122 Å². The van der Waals surface area contributed by atoms with Crippen molar-refractivity contribution in [3.8, 4) is 0 Å². The van der Waals surface area contributed by atoms with Gasteiger partial charge in [-0.25, -0.2) is 13.4 Å². The summed E-state index contributed by atoms with van der Waals surface area (Å²) in [7, 11) is -3.53. The summed E-state index contributed by atoms with van der Waals surface area (Å²) in [6, 6.07) is 11.8. The first-order valence-electron chi connectivity index (χ1n) is 5.76. The number of nitrogens with one attached hydrogen (secondary N) is 1. The first kappa shape index (κ1) is 14.4. The lowest BCUT2D eigenvalue weighted by molar-refractivity contribution is 0.600. The van der Waals surface area contributed by atoms with E-state index < -0.39 is 10.0 Å². The minimum Gasteiger partial charge on any atom is -0.389 e. The molecule has 5 nitrogen and oxygen atoms in total. The highest BCUT2D eigenvalue weighted by Gasteiger charge is 2.12. The molecule has 0 aliphatic carbocycles. The predicted octanol–water partition coefficient (Wildman–Crippen LogP) is 1.66. The summed E-state index contributed by atoms with van der Waals surface area (Å²) in [5.41, 5.74) is 6.78. The van der Waals surface area contributed by atoms with Gasteiger partial charge in [-0.2, -0.15) is 0 Å². The molecule has 0 atom stereocenters. The number of nitrogens with two attached hydrogens (primary N) is 1. The summed E-state index contributed by atoms with van der Waals surface area (Å²) in [6.45, 7) is 0. The molecule has 1 aromatic heterocycles. The van der Waals surface area contributed by atoms with Crippen LogP contribution < -0.4 is 10.5 Å². The van der Waals surface area contributed by atoms with Gasteiger partial charge in [0.05, 0.1) is 5.75 Å². The van der Waals surface area contributed by atoms with Crippen molar-refractivity contribution in [2.75, 3.05) is 4.72 Å². The Morgan fingerprint density at radius 2 is 2.05 bits per heavy atom. The van der Waals surface area contributed by atoms with E-state index in [1.54, 1.807) is 42.5 Å². The lowest BCUT2D eigenvalue weighted by atomic mass is 10.1. The third-order valence-electron chi connectivity index (χ3n) is 2.49. The summed E-state index contributed by atoms with van der Waals surface area (Å²) >= 11 is 4.87. The number of thiocarbonyl (C=S) groups is 1. The summed E-state index contributed by atoms with van der Waals surface area (Å²) in [5.74, 6) is 0.123. The van der Waals surface area contributed by atoms with Crippen molar-refractivity contribution in [1.82, 2.24) is 4.98 Å². The molecule has 0 aliphatic rings. The van der Waals surface area contributed by atoms with Crippen LogP contribution in [0, 0.1) is 0 Å². The normalized spacial score (nSPS) is 11.0. The predicted molar refractivity (Wildman–Crippen MR) is 82.8 cm³/mol. The average Bonchev–Trinajstić information content (AvgIpc) is 2.39. The minimum atomic E-state index is -3.53. The van der Waals surface area contributed by atoms with Crippen molar-refractivity contribution < 1.29 is 8.42 Å². The lowest BCUT2D eigenvalue weighted by Crippen LogP contribution is -2.16. The number of aromatic nitrogens is 1. The quantitative estimate of drug-likeness (QED) is 0.821. The molecule has 2 aromatic rings. The van der Waals surface area contributed by atoms with Gasteiger partial charge >= 0.3 is 0 Å². The van der Waals surface area contributed by atoms with Crippen LogP contribution in [0.4, 0.5) is 5.82 Å². The van der Waals surface area contributed by atoms with Crippen LogP contribution in [0.25, 0.3) is 0 Å². The van der Waals surface area contributed by atoms with Crippen LogP contribution in [0.3, 0.4) is 0 Å². The molecular formula is C13H13N3O2S2. The monoisotopic (exact) mass is 307 g/mol. The highest BCUT2D eigenvalue weighted by atomic mass is 32.2. The Morgan fingerprint density at radius 1 is 1.25 bits per heavy atom. The number of sulfonamides is 1. The highest BCUT2D eigenvalue weighted by Crippen LogP contribution is 2.12. The Balaban J connectivity index is 2.16. The third-order valence-corrected chi connectivity index (χ3v) is 3.96. The molecule has 1 aromatic carbocycles. The fourth-order valence-corrected chi connectivity index (χ4v) is 2.91. The van der Waals surface area contributed by atoms with E-state index in [4.69, 9.17) is 18.0 Å². The van der Waals surface area contributed by atoms with E-state index in [-0.39, 0.29) is 16.6 Å². The molecule has 1 heterocycles. The highest BCUT2D eigenvalue weighted by molar-refractivity contribution is 7.91. The van der Waals surface area contributed by atoms with Gasteiger partial charge in [-0.15, -0.1) is 0 Å². The number of benzene rings is 1. The van der Waals surface area contributed by atoms with Crippen molar-refractivity contribution in [2.45, 2.75) is 5.75 Å². The molecule has 20 heavy (non-hydrogen) atoms. The van der Waals surface area contributed by atoms with Gasteiger partial charge < -0.3 is 5.73 Å². The second-order valence-electron chi connectivity index (χ2n) is 4.14. The zero-order valence-corrected chi connectivity index (χ0v) is 12.1. The molecule has 2 rings (SSSR count). The van der Waals surface area contributed by atoms with Crippen LogP contribution in [0.2, 0.25) is 0 Å². The summed E-state index contributed by atoms with van der Waals surface area (Å²) in [4.78, 5) is 4.16. The van der Waals surface area contributed by atoms with Crippen LogP contribution in [-0.4, -0.2) is 18.4 Å². The molecular weight excluding hydrogens is 294 g/mol. The van der Waals surface area contributed by atoms with Gasteiger partial charge in [0.15, 0.2) is 0 Å². The first-order chi connectivity index (χ1) is 9.46. The summed E-state index contributed by atoms with van der Waals surface area (Å²) in [6.07, 6.45) is 1.52. The summed E-state index contributed by atoms with van der Waals surface area (Å²) in [5, 5.41) is 0. The Bertz CT molecular complexity index is 715. The number of hydrogen-bond donors (Lipinski definition) is 2. The van der Waals surface area contributed by atoms with Gasteiger partial charge in [-0.3, -0.25) is 4.72 Å². The Hall–Kier alpha value is -1.99. The second kappa shape index (κ2) is 5.98. The van der Waals surface area contributed by atoms with Crippen molar-refractivity contribution in [3.05, 3.63) is 59.8 Å². The van der Waals surface area contributed by atoms with Crippen molar-refractivity contribution in [3.63, 3.8) is 0 Å². The zero-order valence-electron chi connectivity index (χ0n) is 10.5. The van der Waals surface area contributed by atoms with Gasteiger partial charge in [0.25, 0.3) is 0 Å². The van der Waals surface area contributed by atoms with Crippen LogP contribution in [0.5, 0.6) is 0 Å². The maximum absolute atomic E-state index is 12.0. The average molecular weight is 307 g/mol. The molecule has 0 bridgehead atoms. The molecule has 0 radical (unpaired) electrons. The number of rotatable bonds is 5. The molecule has 0 unspecified atom stereocenters. The molecule has 0 amide bonds. The van der Waals surface area contributed by atoms with E-state index in [0.717, 1.165) is 0 Å². The van der Waals surface area contributed by atoms with E-state index in [0.29, 0.717) is 11.1 Å². The number of nitrogens with zero attached hydrogens (tertiary/aromatic N) is 1. The fraction of sp³-hybridized carbons (Fsp3) is 0.0769. The standard InChI is InChI=1S/C13H13N3O2S2/c14-13(19)11-5-3-4-10(8-11)9-20(17,18)16-12-6-1-2-7-15-12/h1-8H,9H2,(H2,14,19)(H,15,16). The first-order valence-corrected chi connectivity index (χ1v) is 7.82. The number of pyridine rings is 1. The van der Waals surface area contributed by atoms with Crippen LogP contribution in [0.15, 0.2) is 48.7 Å². The molecule has 7 heteroatoms. The van der Waals surface area contributed by atoms with Gasteiger partial charge in [-0.05, 0) is 23.8 Å². The van der Waals surface area contributed by atoms with E-state index in [1.807, 2.05) is 0 Å². The molecule has 0 saturated carbocycles. The van der Waals surface area contributed by atoms with Crippen molar-refractivity contribution in [2.24, 2.45) is 5.73 Å². The van der Waals surface area contributed by atoms with Gasteiger partial charge in [0.2, 0.25) is 10.0 Å². The molecule has 3 N–H and O–H groups in total. The molecule has 104 valence electrons. The van der Waals surface area contributed by atoms with E-state index in [1.165, 1.54) is 6.20 Å². The van der Waals surface area contributed by atoms with Crippen molar-refractivity contribution >= 4 is 33.0 Å². The Morgan fingerprint density at radius 3 is 2.70 bits per heavy atom. The maximum Gasteiger partial charge on any atom is 0.238 e. The largest absolute Gasteiger partial charge is 0.389 e. The Kier molecular flexibility index (Phi) is 4.31. The topological polar surface area (TPSA) is 85.1 Å². The molecule has 0 aliphatic heterocycles. The smallest absolute Gasteiger partial charge is 0.238 e. The zero-order chi connectivity index (χ0) is 14.6. The second-order valence-corrected chi connectivity index (χ2v) is 6.30. The van der Waals surface area contributed by atoms with Gasteiger partial charge in [-0.1, -0.05) is 36.5 Å². The van der Waals surface area contributed by atoms with E-state index in [2.05, 4.69) is 9.71 Å². The van der Waals surface area contributed by atoms with Crippen LogP contribution in [-0.2, 0) is 15.8 Å². The van der Waals surface area contributed by atoms with Crippen molar-refractivity contribution in [1.29, 1.82) is 0 Å². The van der Waals surface area contributed by atoms with Crippen LogP contribution in [0.1, 0.15) is 11.1 Å². The van der Waals surface area contributed by atoms with E-state index >= 15 is 0 Å². The molecule has 0 spiro atoms. The molecule has 0 fully saturated rings. The number of hydrogen-bond acceptors (Lipinski definition) is 4. The van der Waals surface area contributed by atoms with Gasteiger partial charge in [0.1, 0.15) is 10.8 Å². The lowest BCUT2D eigenvalue weighted by Gasteiger charge is -2.08. The van der Waals surface area contributed by atoms with Gasteiger partial charge in [0, 0.05) is 11.8 Å². The SMILES string of the molecule is NC(=S)c1cccc(CS(=O)(=O)Nc2ccccn2)c1. The van der Waals surface area contributed by atoms with E-state index in [9.17, 15) is 8.42 Å². The maximum atomic E-state index is 12.0. The van der Waals surface area contributed by atoms with Crippen LogP contribution >= 0.6 is 12.2 Å². The minimum absolute atomic E-state index is 0.167. The number of anilines is 1. The fourth-order valence-electron chi connectivity index (χ4n) is 1.65. The summed E-state index contributed by atoms with van der Waals surface area (Å²) < 4.78 is 26.5. The third kappa shape index (κ3) is 4.01. The molecule has 0 saturated heterocycles.